The van der Waals surface area contributed by atoms with Crippen LogP contribution in [-0.4, -0.2) is 19.9 Å². The van der Waals surface area contributed by atoms with E-state index in [2.05, 4.69) is 199 Å². The second kappa shape index (κ2) is 13.8. The molecule has 2 aromatic heterocycles. The first-order valence-electron chi connectivity index (χ1n) is 21.9. The summed E-state index contributed by atoms with van der Waals surface area (Å²) in [5, 5.41) is 5.27. The van der Waals surface area contributed by atoms with Gasteiger partial charge in [0.25, 0.3) is 6.71 Å². The van der Waals surface area contributed by atoms with E-state index in [0.29, 0.717) is 13.2 Å². The third-order valence-electron chi connectivity index (χ3n) is 13.4. The molecular weight excluding hydrogens is 820 g/mol. The molecule has 0 N–H and O–H groups in total. The molecule has 0 unspecified atom stereocenters. The van der Waals surface area contributed by atoms with Crippen LogP contribution in [0.2, 0.25) is 0 Å². The van der Waals surface area contributed by atoms with E-state index in [1.165, 1.54) is 95.9 Å². The molecule has 14 rings (SSSR count). The number of nitrogens with zero attached hydrogens (tertiary/aromatic N) is 2. The van der Waals surface area contributed by atoms with Gasteiger partial charge in [-0.3, -0.25) is 0 Å². The minimum atomic E-state index is -0.0667. The van der Waals surface area contributed by atoms with Crippen LogP contribution < -0.4 is 35.7 Å². The van der Waals surface area contributed by atoms with E-state index in [4.69, 9.17) is 9.47 Å². The van der Waals surface area contributed by atoms with Crippen molar-refractivity contribution in [3.05, 3.63) is 188 Å². The van der Waals surface area contributed by atoms with Crippen molar-refractivity contribution >= 4 is 120 Å². The molecule has 4 nitrogen and oxygen atoms in total. The quantitative estimate of drug-likeness (QED) is 0.165. The minimum absolute atomic E-state index is 0.0667. The molecule has 0 radical (unpaired) electrons. The van der Waals surface area contributed by atoms with Crippen LogP contribution in [0.5, 0.6) is 11.5 Å². The van der Waals surface area contributed by atoms with E-state index in [1.54, 1.807) is 0 Å². The zero-order valence-electron chi connectivity index (χ0n) is 34.8. The zero-order valence-corrected chi connectivity index (χ0v) is 36.5. The van der Waals surface area contributed by atoms with Gasteiger partial charge in [-0.1, -0.05) is 109 Å². The molecule has 0 spiro atoms. The van der Waals surface area contributed by atoms with E-state index in [0.717, 1.165) is 34.2 Å². The van der Waals surface area contributed by atoms with E-state index in [1.807, 2.05) is 22.7 Å². The van der Waals surface area contributed by atoms with Crippen LogP contribution >= 0.6 is 22.7 Å². The first-order chi connectivity index (χ1) is 31.6. The SMILES string of the molecule is Cc1cc2c3c(c1)N(c1ccccc1)c1c(ccc4c1OCCO4)B3c1cc(-c3ccc4c(c3)sc3ccccc34)ccc1N2c1ccc(-c2ccc3c(c2)sc2ccccc23)cc1. The van der Waals surface area contributed by atoms with Gasteiger partial charge < -0.3 is 19.3 Å². The summed E-state index contributed by atoms with van der Waals surface area (Å²) >= 11 is 3.74. The van der Waals surface area contributed by atoms with Crippen LogP contribution in [0.15, 0.2) is 182 Å². The van der Waals surface area contributed by atoms with Crippen molar-refractivity contribution in [2.45, 2.75) is 6.92 Å². The van der Waals surface area contributed by atoms with Crippen LogP contribution in [0, 0.1) is 6.92 Å². The fraction of sp³-hybridized carbons (Fsp3) is 0.0526. The van der Waals surface area contributed by atoms with E-state index < -0.39 is 0 Å². The summed E-state index contributed by atoms with van der Waals surface area (Å²) in [7, 11) is 0. The minimum Gasteiger partial charge on any atom is -0.486 e. The summed E-state index contributed by atoms with van der Waals surface area (Å²) in [5.41, 5.74) is 16.6. The number of hydrogen-bond donors (Lipinski definition) is 0. The Labute approximate surface area is 378 Å². The molecule has 64 heavy (non-hydrogen) atoms. The van der Waals surface area contributed by atoms with Gasteiger partial charge in [0, 0.05) is 68.8 Å². The lowest BCUT2D eigenvalue weighted by atomic mass is 9.33. The predicted octanol–water partition coefficient (Wildman–Crippen LogP) is 13.9. The number of aryl methyl sites for hydroxylation is 1. The Morgan fingerprint density at radius 1 is 0.438 bits per heavy atom. The third kappa shape index (κ3) is 5.35. The average Bonchev–Trinajstić information content (AvgIpc) is 3.91. The Morgan fingerprint density at radius 2 is 1.00 bits per heavy atom. The van der Waals surface area contributed by atoms with Gasteiger partial charge in [0.2, 0.25) is 0 Å². The summed E-state index contributed by atoms with van der Waals surface area (Å²) < 4.78 is 18.2. The summed E-state index contributed by atoms with van der Waals surface area (Å²) in [5.74, 6) is 1.60. The predicted molar refractivity (Wildman–Crippen MR) is 273 cm³/mol. The molecule has 7 heteroatoms. The van der Waals surface area contributed by atoms with E-state index in [9.17, 15) is 0 Å². The maximum Gasteiger partial charge on any atom is 0.252 e. The maximum absolute atomic E-state index is 6.61. The first kappa shape index (κ1) is 36.2. The fourth-order valence-electron chi connectivity index (χ4n) is 10.6. The first-order valence-corrected chi connectivity index (χ1v) is 23.6. The number of benzene rings is 9. The molecule has 0 atom stereocenters. The Kier molecular flexibility index (Phi) is 7.83. The van der Waals surface area contributed by atoms with Gasteiger partial charge in [0.15, 0.2) is 11.5 Å². The van der Waals surface area contributed by atoms with Crippen molar-refractivity contribution in [2.24, 2.45) is 0 Å². The van der Waals surface area contributed by atoms with Crippen molar-refractivity contribution in [1.29, 1.82) is 0 Å². The van der Waals surface area contributed by atoms with Crippen molar-refractivity contribution in [3.63, 3.8) is 0 Å². The average molecular weight is 857 g/mol. The smallest absolute Gasteiger partial charge is 0.252 e. The van der Waals surface area contributed by atoms with Crippen molar-refractivity contribution in [2.75, 3.05) is 23.0 Å². The van der Waals surface area contributed by atoms with Crippen LogP contribution in [0.25, 0.3) is 62.6 Å². The van der Waals surface area contributed by atoms with Gasteiger partial charge in [-0.2, -0.15) is 0 Å². The highest BCUT2D eigenvalue weighted by Gasteiger charge is 2.45. The molecule has 0 bridgehead atoms. The summed E-state index contributed by atoms with van der Waals surface area (Å²) in [6.45, 7) is 3.19. The van der Waals surface area contributed by atoms with Crippen molar-refractivity contribution in [1.82, 2.24) is 0 Å². The van der Waals surface area contributed by atoms with Crippen molar-refractivity contribution in [3.8, 4) is 33.8 Å². The fourth-order valence-corrected chi connectivity index (χ4v) is 12.9. The van der Waals surface area contributed by atoms with Crippen LogP contribution in [0.1, 0.15) is 5.56 Å². The monoisotopic (exact) mass is 856 g/mol. The molecular formula is C57H37BN2O2S2. The molecule has 3 aliphatic rings. The molecule has 9 aromatic carbocycles. The Morgan fingerprint density at radius 3 is 1.72 bits per heavy atom. The van der Waals surface area contributed by atoms with Gasteiger partial charge in [-0.15, -0.1) is 22.7 Å². The third-order valence-corrected chi connectivity index (χ3v) is 15.7. The number of anilines is 6. The normalized spacial score (nSPS) is 13.7. The lowest BCUT2D eigenvalue weighted by Crippen LogP contribution is -2.61. The number of para-hydroxylation sites is 1. The van der Waals surface area contributed by atoms with Gasteiger partial charge in [-0.25, -0.2) is 0 Å². The number of ether oxygens (including phenoxy) is 2. The highest BCUT2D eigenvalue weighted by molar-refractivity contribution is 7.26. The standard InChI is InChI=1S/C57H37BN2O2S2/c1-34-29-48-55-49(30-34)60(39-9-3-2-4-10-39)56-45(24-26-50-57(56)62-28-27-61-50)58(55)46-31-36(38-18-23-44-42-12-6-8-14-52(42)64-54(44)33-38)19-25-47(46)59(48)40-20-15-35(16-21-40)37-17-22-43-41-11-5-7-13-51(41)63-53(43)32-37/h2-26,29-33H,27-28H2,1H3. The lowest BCUT2D eigenvalue weighted by Gasteiger charge is -2.45. The number of rotatable bonds is 4. The molecule has 0 amide bonds. The number of hydrogen-bond acceptors (Lipinski definition) is 6. The van der Waals surface area contributed by atoms with E-state index in [-0.39, 0.29) is 6.71 Å². The Bertz CT molecular complexity index is 3730. The molecule has 0 saturated heterocycles. The molecule has 5 heterocycles. The molecule has 11 aromatic rings. The molecule has 3 aliphatic heterocycles. The highest BCUT2D eigenvalue weighted by atomic mass is 32.1. The lowest BCUT2D eigenvalue weighted by molar-refractivity contribution is 0.172. The Hall–Kier alpha value is -7.32. The second-order valence-electron chi connectivity index (χ2n) is 17.1. The number of thiophene rings is 2. The molecule has 302 valence electrons. The zero-order chi connectivity index (χ0) is 42.0. The molecule has 0 saturated carbocycles. The maximum atomic E-state index is 6.61. The van der Waals surface area contributed by atoms with E-state index >= 15 is 0 Å². The second-order valence-corrected chi connectivity index (χ2v) is 19.3. The molecule has 0 fully saturated rings. The largest absolute Gasteiger partial charge is 0.486 e. The molecule has 0 aliphatic carbocycles. The Balaban J connectivity index is 0.983. The van der Waals surface area contributed by atoms with Gasteiger partial charge in [0.05, 0.1) is 5.69 Å². The summed E-state index contributed by atoms with van der Waals surface area (Å²) in [4.78, 5) is 4.92. The van der Waals surface area contributed by atoms with Crippen LogP contribution in [0.4, 0.5) is 34.1 Å². The van der Waals surface area contributed by atoms with Gasteiger partial charge in [0.1, 0.15) is 13.2 Å². The van der Waals surface area contributed by atoms with Gasteiger partial charge >= 0.3 is 0 Å². The summed E-state index contributed by atoms with van der Waals surface area (Å²) in [6, 6.07) is 67.6. The van der Waals surface area contributed by atoms with Crippen LogP contribution in [0.3, 0.4) is 0 Å². The number of fused-ring (bicyclic) bond motifs is 12. The van der Waals surface area contributed by atoms with Gasteiger partial charge in [-0.05, 0) is 124 Å². The van der Waals surface area contributed by atoms with Crippen LogP contribution in [-0.2, 0) is 0 Å². The highest BCUT2D eigenvalue weighted by Crippen LogP contribution is 2.50. The van der Waals surface area contributed by atoms with Crippen molar-refractivity contribution < 1.29 is 9.47 Å². The summed E-state index contributed by atoms with van der Waals surface area (Å²) in [6.07, 6.45) is 0. The topological polar surface area (TPSA) is 24.9 Å².